The van der Waals surface area contributed by atoms with Crippen LogP contribution < -0.4 is 5.48 Å². The molecular weight excluding hydrogens is 342 g/mol. The quantitative estimate of drug-likeness (QED) is 0.172. The van der Waals surface area contributed by atoms with E-state index in [0.717, 1.165) is 51.4 Å². The lowest BCUT2D eigenvalue weighted by atomic mass is 10.1. The molecule has 0 bridgehead atoms. The molecule has 8 nitrogen and oxygen atoms in total. The number of carboxylic acid groups (broad SMARTS) is 1. The van der Waals surface area contributed by atoms with Crippen LogP contribution >= 0.6 is 0 Å². The number of methoxy groups -OCH3 is 1. The highest BCUT2D eigenvalue weighted by Gasteiger charge is 2.32. The van der Waals surface area contributed by atoms with Crippen LogP contribution in [-0.2, 0) is 19.2 Å². The Morgan fingerprint density at radius 1 is 0.962 bits per heavy atom. The van der Waals surface area contributed by atoms with E-state index in [2.05, 4.69) is 10.2 Å². The number of hydrogen-bond acceptors (Lipinski definition) is 7. The number of carbonyl (C=O) groups is 2. The Morgan fingerprint density at radius 2 is 1.50 bits per heavy atom. The minimum absolute atomic E-state index is 0.151. The molecule has 3 unspecified atom stereocenters. The van der Waals surface area contributed by atoms with Gasteiger partial charge in [-0.15, -0.1) is 0 Å². The van der Waals surface area contributed by atoms with Crippen LogP contribution in [-0.4, -0.2) is 59.2 Å². The SMILES string of the molecule is CCC(O)C(O)C(ONCCCCCCCCCCC(=O)OC)C(=O)O. The van der Waals surface area contributed by atoms with E-state index in [9.17, 15) is 19.8 Å². The number of hydroxylamine groups is 1. The second-order valence-electron chi connectivity index (χ2n) is 6.39. The molecule has 0 aromatic heterocycles. The van der Waals surface area contributed by atoms with Crippen molar-refractivity contribution in [1.82, 2.24) is 5.48 Å². The average Bonchev–Trinajstić information content (AvgIpc) is 2.63. The number of hydrogen-bond donors (Lipinski definition) is 4. The van der Waals surface area contributed by atoms with Gasteiger partial charge >= 0.3 is 11.9 Å². The van der Waals surface area contributed by atoms with Crippen LogP contribution in [0.3, 0.4) is 0 Å². The Kier molecular flexibility index (Phi) is 15.2. The van der Waals surface area contributed by atoms with E-state index in [1.807, 2.05) is 0 Å². The summed E-state index contributed by atoms with van der Waals surface area (Å²) >= 11 is 0. The minimum Gasteiger partial charge on any atom is -0.479 e. The van der Waals surface area contributed by atoms with Crippen molar-refractivity contribution < 1.29 is 34.5 Å². The standard InChI is InChI=1S/C18H35NO7/c1-3-14(20)16(22)17(18(23)24)26-19-13-11-9-7-5-4-6-8-10-12-15(21)25-2/h14,16-17,19-20,22H,3-13H2,1-2H3,(H,23,24). The molecule has 0 amide bonds. The first kappa shape index (κ1) is 24.8. The van der Waals surface area contributed by atoms with Gasteiger partial charge in [0.1, 0.15) is 6.10 Å². The molecule has 0 heterocycles. The molecule has 0 aromatic rings. The van der Waals surface area contributed by atoms with E-state index in [1.54, 1.807) is 6.92 Å². The maximum absolute atomic E-state index is 11.1. The van der Waals surface area contributed by atoms with E-state index in [-0.39, 0.29) is 12.4 Å². The molecule has 0 radical (unpaired) electrons. The number of nitrogens with one attached hydrogen (secondary N) is 1. The zero-order valence-corrected chi connectivity index (χ0v) is 16.0. The highest BCUT2D eigenvalue weighted by atomic mass is 16.7. The number of aliphatic hydroxyl groups excluding tert-OH is 2. The number of aliphatic hydroxyl groups is 2. The molecule has 0 rings (SSSR count). The van der Waals surface area contributed by atoms with Gasteiger partial charge in [0.05, 0.1) is 13.2 Å². The van der Waals surface area contributed by atoms with Gasteiger partial charge < -0.3 is 20.1 Å². The number of aliphatic carboxylic acids is 1. The molecule has 26 heavy (non-hydrogen) atoms. The molecule has 0 fully saturated rings. The molecule has 8 heteroatoms. The summed E-state index contributed by atoms with van der Waals surface area (Å²) in [6.07, 6.45) is 4.83. The normalized spacial score (nSPS) is 14.6. The number of unbranched alkanes of at least 4 members (excludes halogenated alkanes) is 7. The molecule has 0 spiro atoms. The van der Waals surface area contributed by atoms with E-state index in [0.29, 0.717) is 13.0 Å². The first-order chi connectivity index (χ1) is 12.4. The summed E-state index contributed by atoms with van der Waals surface area (Å²) < 4.78 is 4.59. The summed E-state index contributed by atoms with van der Waals surface area (Å²) in [5.41, 5.74) is 2.57. The second-order valence-corrected chi connectivity index (χ2v) is 6.39. The summed E-state index contributed by atoms with van der Waals surface area (Å²) in [7, 11) is 1.40. The van der Waals surface area contributed by atoms with Crippen molar-refractivity contribution in [3.63, 3.8) is 0 Å². The van der Waals surface area contributed by atoms with E-state index >= 15 is 0 Å². The van der Waals surface area contributed by atoms with Crippen LogP contribution in [0.2, 0.25) is 0 Å². The maximum Gasteiger partial charge on any atom is 0.337 e. The third-order valence-electron chi connectivity index (χ3n) is 4.21. The fraction of sp³-hybridized carbons (Fsp3) is 0.889. The maximum atomic E-state index is 11.1. The van der Waals surface area contributed by atoms with Gasteiger partial charge in [-0.3, -0.25) is 9.63 Å². The molecule has 0 saturated carbocycles. The highest BCUT2D eigenvalue weighted by Crippen LogP contribution is 2.10. The van der Waals surface area contributed by atoms with Crippen molar-refractivity contribution >= 4 is 11.9 Å². The van der Waals surface area contributed by atoms with E-state index in [4.69, 9.17) is 9.94 Å². The molecule has 0 saturated heterocycles. The van der Waals surface area contributed by atoms with Gasteiger partial charge in [0, 0.05) is 13.0 Å². The Balaban J connectivity index is 3.57. The van der Waals surface area contributed by atoms with Crippen molar-refractivity contribution in [2.24, 2.45) is 0 Å². The van der Waals surface area contributed by atoms with Gasteiger partial charge in [-0.1, -0.05) is 45.4 Å². The smallest absolute Gasteiger partial charge is 0.337 e. The van der Waals surface area contributed by atoms with Crippen LogP contribution in [0.5, 0.6) is 0 Å². The monoisotopic (exact) mass is 377 g/mol. The fourth-order valence-corrected chi connectivity index (χ4v) is 2.49. The van der Waals surface area contributed by atoms with Gasteiger partial charge in [0.2, 0.25) is 6.10 Å². The van der Waals surface area contributed by atoms with E-state index < -0.39 is 24.3 Å². The van der Waals surface area contributed by atoms with Crippen LogP contribution in [0.1, 0.15) is 71.1 Å². The lowest BCUT2D eigenvalue weighted by molar-refractivity contribution is -0.175. The molecular formula is C18H35NO7. The number of esters is 1. The predicted octanol–water partition coefficient (Wildman–Crippen LogP) is 1.78. The number of carboxylic acids is 1. The predicted molar refractivity (Wildman–Crippen MR) is 96.4 cm³/mol. The van der Waals surface area contributed by atoms with Gasteiger partial charge in [0.25, 0.3) is 0 Å². The Morgan fingerprint density at radius 3 is 2.00 bits per heavy atom. The van der Waals surface area contributed by atoms with E-state index in [1.165, 1.54) is 7.11 Å². The first-order valence-corrected chi connectivity index (χ1v) is 9.48. The molecule has 3 atom stereocenters. The van der Waals surface area contributed by atoms with Gasteiger partial charge in [-0.2, -0.15) is 0 Å². The third-order valence-corrected chi connectivity index (χ3v) is 4.21. The highest BCUT2D eigenvalue weighted by molar-refractivity contribution is 5.73. The Hall–Kier alpha value is -1.22. The number of carbonyl (C=O) groups excluding carboxylic acids is 1. The van der Waals surface area contributed by atoms with Crippen LogP contribution in [0.4, 0.5) is 0 Å². The van der Waals surface area contributed by atoms with Crippen molar-refractivity contribution in [2.45, 2.75) is 89.4 Å². The van der Waals surface area contributed by atoms with Crippen molar-refractivity contribution in [3.8, 4) is 0 Å². The largest absolute Gasteiger partial charge is 0.479 e. The molecule has 0 aliphatic carbocycles. The van der Waals surface area contributed by atoms with Crippen molar-refractivity contribution in [2.75, 3.05) is 13.7 Å². The third kappa shape index (κ3) is 12.2. The lowest BCUT2D eigenvalue weighted by Crippen LogP contribution is -2.46. The Labute approximate surface area is 155 Å². The molecule has 4 N–H and O–H groups in total. The Bertz CT molecular complexity index is 379. The summed E-state index contributed by atoms with van der Waals surface area (Å²) in [6, 6.07) is 0. The second kappa shape index (κ2) is 16.0. The van der Waals surface area contributed by atoms with Gasteiger partial charge in [-0.05, 0) is 19.3 Å². The number of rotatable bonds is 17. The van der Waals surface area contributed by atoms with Crippen LogP contribution in [0.15, 0.2) is 0 Å². The van der Waals surface area contributed by atoms with Crippen molar-refractivity contribution in [3.05, 3.63) is 0 Å². The summed E-state index contributed by atoms with van der Waals surface area (Å²) in [4.78, 5) is 27.0. The van der Waals surface area contributed by atoms with Gasteiger partial charge in [0.15, 0.2) is 0 Å². The fourth-order valence-electron chi connectivity index (χ4n) is 2.49. The van der Waals surface area contributed by atoms with Crippen LogP contribution in [0.25, 0.3) is 0 Å². The minimum atomic E-state index is -1.49. The first-order valence-electron chi connectivity index (χ1n) is 9.48. The topological polar surface area (TPSA) is 125 Å². The molecule has 0 aromatic carbocycles. The zero-order chi connectivity index (χ0) is 19.8. The molecule has 0 aliphatic heterocycles. The lowest BCUT2D eigenvalue weighted by Gasteiger charge is -2.23. The summed E-state index contributed by atoms with van der Waals surface area (Å²) in [6.45, 7) is 2.14. The average molecular weight is 377 g/mol. The summed E-state index contributed by atoms with van der Waals surface area (Å²) in [5.74, 6) is -1.47. The van der Waals surface area contributed by atoms with Crippen molar-refractivity contribution in [1.29, 1.82) is 0 Å². The molecule has 0 aliphatic rings. The van der Waals surface area contributed by atoms with Gasteiger partial charge in [-0.25, -0.2) is 10.3 Å². The summed E-state index contributed by atoms with van der Waals surface area (Å²) in [5, 5.41) is 28.3. The molecule has 154 valence electrons. The zero-order valence-electron chi connectivity index (χ0n) is 16.0. The number of ether oxygens (including phenoxy) is 1. The van der Waals surface area contributed by atoms with Crippen LogP contribution in [0, 0.1) is 0 Å².